The van der Waals surface area contributed by atoms with Crippen molar-refractivity contribution in [1.29, 1.82) is 0 Å². The molecule has 0 N–H and O–H groups in total. The molecule has 0 radical (unpaired) electrons. The van der Waals surface area contributed by atoms with Crippen molar-refractivity contribution in [3.05, 3.63) is 0 Å². The molecule has 11 nitrogen and oxygen atoms in total. The van der Waals surface area contributed by atoms with Crippen LogP contribution in [0.2, 0.25) is 0 Å². The van der Waals surface area contributed by atoms with Gasteiger partial charge in [0, 0.05) is 14.0 Å². The van der Waals surface area contributed by atoms with Crippen molar-refractivity contribution >= 4 is 29.8 Å². The van der Waals surface area contributed by atoms with Crippen LogP contribution in [-0.2, 0) is 42.9 Å². The van der Waals surface area contributed by atoms with Gasteiger partial charge in [-0.15, -0.1) is 0 Å². The Kier molecular flexibility index (Phi) is 6.67. The van der Waals surface area contributed by atoms with E-state index in [1.807, 2.05) is 0 Å². The zero-order valence-electron chi connectivity index (χ0n) is 15.4. The molecule has 3 atom stereocenters. The molecule has 1 aliphatic rings. The molecule has 1 amide bonds. The first-order valence-corrected chi connectivity index (χ1v) is 7.48. The Morgan fingerprint density at radius 2 is 1.42 bits per heavy atom. The van der Waals surface area contributed by atoms with E-state index in [0.717, 1.165) is 45.4 Å². The number of esters is 4. The van der Waals surface area contributed by atoms with Gasteiger partial charge in [-0.1, -0.05) is 0 Å². The summed E-state index contributed by atoms with van der Waals surface area (Å²) in [6.07, 6.45) is -0.663. The van der Waals surface area contributed by atoms with Crippen LogP contribution in [0.4, 0.5) is 0 Å². The minimum Gasteiger partial charge on any atom is -0.469 e. The number of nitrogens with zero attached hydrogens (tertiary/aromatic N) is 2. The predicted molar refractivity (Wildman–Crippen MR) is 83.0 cm³/mol. The van der Waals surface area contributed by atoms with Crippen molar-refractivity contribution in [1.82, 2.24) is 10.0 Å². The van der Waals surface area contributed by atoms with Gasteiger partial charge >= 0.3 is 23.9 Å². The first kappa shape index (κ1) is 21.4. The van der Waals surface area contributed by atoms with Crippen LogP contribution in [0, 0.1) is 5.92 Å². The molecule has 0 aromatic carbocycles. The third-order valence-corrected chi connectivity index (χ3v) is 4.40. The second-order valence-corrected chi connectivity index (χ2v) is 5.52. The zero-order valence-corrected chi connectivity index (χ0v) is 15.4. The van der Waals surface area contributed by atoms with Crippen molar-refractivity contribution in [2.75, 3.05) is 35.5 Å². The SMILES string of the molecule is COC(=O)C[C@@]1(C(=O)OC)[C@H](C(=O)OC)[C@H](C(=O)OC)N(C(C)=O)N1C. The summed E-state index contributed by atoms with van der Waals surface area (Å²) in [5.41, 5.74) is -2.04. The van der Waals surface area contributed by atoms with Crippen molar-refractivity contribution < 1.29 is 42.9 Å². The zero-order chi connectivity index (χ0) is 20.2. The number of carbonyl (C=O) groups is 5. The third-order valence-electron chi connectivity index (χ3n) is 4.40. The Hall–Kier alpha value is -2.69. The molecule has 1 heterocycles. The summed E-state index contributed by atoms with van der Waals surface area (Å²) in [6.45, 7) is 1.13. The molecule has 1 aliphatic heterocycles. The molecule has 0 saturated carbocycles. The second-order valence-electron chi connectivity index (χ2n) is 5.52. The van der Waals surface area contributed by atoms with Crippen LogP contribution in [0.5, 0.6) is 0 Å². The van der Waals surface area contributed by atoms with E-state index in [2.05, 4.69) is 4.74 Å². The summed E-state index contributed by atoms with van der Waals surface area (Å²) in [7, 11) is 5.53. The average molecular weight is 374 g/mol. The molecule has 0 bridgehead atoms. The average Bonchev–Trinajstić information content (AvgIpc) is 2.89. The molecule has 0 aromatic rings. The lowest BCUT2D eigenvalue weighted by Gasteiger charge is -2.36. The van der Waals surface area contributed by atoms with Crippen LogP contribution in [0.3, 0.4) is 0 Å². The number of hydrazine groups is 1. The summed E-state index contributed by atoms with van der Waals surface area (Å²) < 4.78 is 18.8. The van der Waals surface area contributed by atoms with E-state index in [0.29, 0.717) is 0 Å². The Morgan fingerprint density at radius 3 is 1.81 bits per heavy atom. The maximum absolute atomic E-state index is 12.7. The molecular formula is C15H22N2O9. The van der Waals surface area contributed by atoms with E-state index in [4.69, 9.17) is 14.2 Å². The Morgan fingerprint density at radius 1 is 0.885 bits per heavy atom. The van der Waals surface area contributed by atoms with E-state index in [-0.39, 0.29) is 0 Å². The van der Waals surface area contributed by atoms with E-state index < -0.39 is 53.7 Å². The summed E-state index contributed by atoms with van der Waals surface area (Å²) in [6, 6.07) is -1.53. The quantitative estimate of drug-likeness (QED) is 0.414. The number of carbonyl (C=O) groups excluding carboxylic acids is 5. The van der Waals surface area contributed by atoms with Gasteiger partial charge < -0.3 is 18.9 Å². The Bertz CT molecular complexity index is 620. The van der Waals surface area contributed by atoms with Crippen LogP contribution < -0.4 is 0 Å². The fraction of sp³-hybridized carbons (Fsp3) is 0.667. The lowest BCUT2D eigenvalue weighted by molar-refractivity contribution is -0.176. The minimum atomic E-state index is -2.04. The number of hydrogen-bond acceptors (Lipinski definition) is 10. The standard InChI is InChI=1S/C15H22N2O9/c1-8(18)17-11(13(21)25-5)10(12(20)24-4)15(16(17)2,14(22)26-6)7-9(19)23-3/h10-11H,7H2,1-6H3/t10-,11+,15-/m0/s1. The molecule has 11 heteroatoms. The highest BCUT2D eigenvalue weighted by Crippen LogP contribution is 2.43. The third kappa shape index (κ3) is 3.21. The summed E-state index contributed by atoms with van der Waals surface area (Å²) in [5, 5.41) is 1.90. The molecule has 0 aromatic heterocycles. The number of likely N-dealkylation sites (N-methyl/N-ethyl adjacent to an activating group) is 1. The van der Waals surface area contributed by atoms with Gasteiger partial charge in [0.15, 0.2) is 11.6 Å². The van der Waals surface area contributed by atoms with Gasteiger partial charge in [-0.25, -0.2) is 14.6 Å². The maximum atomic E-state index is 12.7. The molecule has 146 valence electrons. The van der Waals surface area contributed by atoms with Crippen molar-refractivity contribution in [3.63, 3.8) is 0 Å². The van der Waals surface area contributed by atoms with E-state index in [1.165, 1.54) is 7.05 Å². The molecule has 1 rings (SSSR count). The molecular weight excluding hydrogens is 352 g/mol. The molecule has 0 unspecified atom stereocenters. The maximum Gasteiger partial charge on any atom is 0.331 e. The van der Waals surface area contributed by atoms with Gasteiger partial charge in [0.25, 0.3) is 0 Å². The number of methoxy groups -OCH3 is 4. The first-order chi connectivity index (χ1) is 12.1. The molecule has 1 saturated heterocycles. The normalized spacial score (nSPS) is 25.4. The molecule has 26 heavy (non-hydrogen) atoms. The Balaban J connectivity index is 3.77. The summed E-state index contributed by atoms with van der Waals surface area (Å²) >= 11 is 0. The largest absolute Gasteiger partial charge is 0.469 e. The van der Waals surface area contributed by atoms with Crippen LogP contribution in [-0.4, -0.2) is 86.9 Å². The monoisotopic (exact) mass is 374 g/mol. The topological polar surface area (TPSA) is 129 Å². The van der Waals surface area contributed by atoms with E-state index in [9.17, 15) is 24.0 Å². The number of hydrogen-bond donors (Lipinski definition) is 0. The fourth-order valence-corrected chi connectivity index (χ4v) is 3.22. The fourth-order valence-electron chi connectivity index (χ4n) is 3.22. The number of rotatable bonds is 5. The van der Waals surface area contributed by atoms with Crippen LogP contribution in [0.1, 0.15) is 13.3 Å². The van der Waals surface area contributed by atoms with Gasteiger partial charge in [0.1, 0.15) is 5.92 Å². The predicted octanol–water partition coefficient (Wildman–Crippen LogP) is -1.50. The minimum absolute atomic E-state index is 0.660. The second kappa shape index (κ2) is 8.13. The van der Waals surface area contributed by atoms with E-state index in [1.54, 1.807) is 0 Å². The highest BCUT2D eigenvalue weighted by atomic mass is 16.5. The highest BCUT2D eigenvalue weighted by Gasteiger charge is 2.69. The van der Waals surface area contributed by atoms with Crippen molar-refractivity contribution in [3.8, 4) is 0 Å². The highest BCUT2D eigenvalue weighted by molar-refractivity contribution is 5.99. The van der Waals surface area contributed by atoms with Gasteiger partial charge in [-0.3, -0.25) is 19.4 Å². The smallest absolute Gasteiger partial charge is 0.331 e. The molecule has 0 aliphatic carbocycles. The van der Waals surface area contributed by atoms with Gasteiger partial charge in [-0.2, -0.15) is 0 Å². The van der Waals surface area contributed by atoms with Gasteiger partial charge in [0.2, 0.25) is 5.91 Å². The number of ether oxygens (including phenoxy) is 4. The molecule has 0 spiro atoms. The lowest BCUT2D eigenvalue weighted by atomic mass is 9.78. The van der Waals surface area contributed by atoms with Gasteiger partial charge in [0.05, 0.1) is 34.9 Å². The number of amides is 1. The lowest BCUT2D eigenvalue weighted by Crippen LogP contribution is -2.59. The van der Waals surface area contributed by atoms with Gasteiger partial charge in [-0.05, 0) is 0 Å². The molecule has 1 fully saturated rings. The first-order valence-electron chi connectivity index (χ1n) is 7.48. The van der Waals surface area contributed by atoms with Crippen LogP contribution in [0.15, 0.2) is 0 Å². The Labute approximate surface area is 150 Å². The van der Waals surface area contributed by atoms with Crippen LogP contribution in [0.25, 0.3) is 0 Å². The van der Waals surface area contributed by atoms with Crippen molar-refractivity contribution in [2.24, 2.45) is 5.92 Å². The summed E-state index contributed by atoms with van der Waals surface area (Å²) in [4.78, 5) is 61.7. The van der Waals surface area contributed by atoms with Crippen molar-refractivity contribution in [2.45, 2.75) is 24.9 Å². The van der Waals surface area contributed by atoms with Crippen LogP contribution >= 0.6 is 0 Å². The summed E-state index contributed by atoms with van der Waals surface area (Å²) in [5.74, 6) is -6.07. The van der Waals surface area contributed by atoms with E-state index >= 15 is 0 Å².